The number of carbonyl (C=O) groups is 4. The SMILES string of the molecule is C=CC(=O)OCC(CO)(COC(=O)C=C)COC(=O)C=O. The molecule has 0 aromatic rings. The van der Waals surface area contributed by atoms with E-state index in [0.29, 0.717) is 0 Å². The molecular weight excluding hydrogens is 284 g/mol. The number of hydrogen-bond donors (Lipinski definition) is 1. The summed E-state index contributed by atoms with van der Waals surface area (Å²) < 4.78 is 14.1. The van der Waals surface area contributed by atoms with E-state index < -0.39 is 49.8 Å². The van der Waals surface area contributed by atoms with Crippen molar-refractivity contribution < 1.29 is 38.5 Å². The Labute approximate surface area is 121 Å². The van der Waals surface area contributed by atoms with Gasteiger partial charge in [-0.05, 0) is 0 Å². The van der Waals surface area contributed by atoms with Crippen molar-refractivity contribution in [1.29, 1.82) is 0 Å². The number of aliphatic hydroxyl groups excluding tert-OH is 1. The second kappa shape index (κ2) is 9.43. The van der Waals surface area contributed by atoms with Gasteiger partial charge in [0.25, 0.3) is 0 Å². The number of rotatable bonds is 10. The van der Waals surface area contributed by atoms with E-state index in [2.05, 4.69) is 17.9 Å². The van der Waals surface area contributed by atoms with E-state index in [-0.39, 0.29) is 6.29 Å². The zero-order chi connectivity index (χ0) is 16.3. The maximum absolute atomic E-state index is 11.1. The van der Waals surface area contributed by atoms with Gasteiger partial charge < -0.3 is 19.3 Å². The van der Waals surface area contributed by atoms with Crippen LogP contribution in [0.4, 0.5) is 0 Å². The summed E-state index contributed by atoms with van der Waals surface area (Å²) in [5.74, 6) is -2.72. The van der Waals surface area contributed by atoms with Crippen LogP contribution < -0.4 is 0 Å². The Kier molecular flexibility index (Phi) is 8.31. The first-order chi connectivity index (χ1) is 9.92. The van der Waals surface area contributed by atoms with Crippen molar-refractivity contribution in [2.75, 3.05) is 26.4 Å². The van der Waals surface area contributed by atoms with Crippen molar-refractivity contribution >= 4 is 24.2 Å². The van der Waals surface area contributed by atoms with Crippen LogP contribution >= 0.6 is 0 Å². The van der Waals surface area contributed by atoms with Gasteiger partial charge in [-0.25, -0.2) is 14.4 Å². The molecule has 116 valence electrons. The predicted octanol–water partition coefficient (Wildman–Crippen LogP) is -0.834. The van der Waals surface area contributed by atoms with Crippen molar-refractivity contribution in [2.45, 2.75) is 0 Å². The maximum atomic E-state index is 11.1. The fourth-order valence-electron chi connectivity index (χ4n) is 1.09. The summed E-state index contributed by atoms with van der Waals surface area (Å²) in [6.07, 6.45) is 1.73. The molecule has 0 heterocycles. The van der Waals surface area contributed by atoms with Gasteiger partial charge in [-0.1, -0.05) is 13.2 Å². The van der Waals surface area contributed by atoms with Crippen LogP contribution in [0.5, 0.6) is 0 Å². The summed E-state index contributed by atoms with van der Waals surface area (Å²) in [5, 5.41) is 9.42. The molecule has 1 N–H and O–H groups in total. The van der Waals surface area contributed by atoms with Crippen molar-refractivity contribution in [2.24, 2.45) is 5.41 Å². The molecule has 0 atom stereocenters. The van der Waals surface area contributed by atoms with Gasteiger partial charge in [0, 0.05) is 12.2 Å². The van der Waals surface area contributed by atoms with Gasteiger partial charge in [-0.3, -0.25) is 4.79 Å². The fourth-order valence-corrected chi connectivity index (χ4v) is 1.09. The van der Waals surface area contributed by atoms with Crippen LogP contribution in [0.2, 0.25) is 0 Å². The lowest BCUT2D eigenvalue weighted by atomic mass is 9.92. The number of aliphatic hydroxyl groups is 1. The van der Waals surface area contributed by atoms with E-state index in [0.717, 1.165) is 12.2 Å². The van der Waals surface area contributed by atoms with Crippen LogP contribution in [-0.2, 0) is 33.4 Å². The fraction of sp³-hybridized carbons (Fsp3) is 0.385. The van der Waals surface area contributed by atoms with E-state index in [4.69, 9.17) is 9.47 Å². The van der Waals surface area contributed by atoms with Gasteiger partial charge in [-0.2, -0.15) is 0 Å². The lowest BCUT2D eigenvalue weighted by Gasteiger charge is -2.29. The molecule has 0 aliphatic carbocycles. The first kappa shape index (κ1) is 18.5. The number of aldehydes is 1. The van der Waals surface area contributed by atoms with Crippen LogP contribution in [0.25, 0.3) is 0 Å². The van der Waals surface area contributed by atoms with Gasteiger partial charge in [-0.15, -0.1) is 0 Å². The largest absolute Gasteiger partial charge is 0.462 e. The van der Waals surface area contributed by atoms with E-state index in [9.17, 15) is 24.3 Å². The highest BCUT2D eigenvalue weighted by Gasteiger charge is 2.35. The summed E-state index contributed by atoms with van der Waals surface area (Å²) in [4.78, 5) is 43.2. The Morgan fingerprint density at radius 3 is 1.57 bits per heavy atom. The Bertz CT molecular complexity index is 366. The molecule has 0 rings (SSSR count). The molecule has 8 nitrogen and oxygen atoms in total. The first-order valence-electron chi connectivity index (χ1n) is 5.74. The third-order valence-electron chi connectivity index (χ3n) is 2.33. The van der Waals surface area contributed by atoms with Gasteiger partial charge in [0.15, 0.2) is 0 Å². The highest BCUT2D eigenvalue weighted by atomic mass is 16.6. The van der Waals surface area contributed by atoms with Crippen molar-refractivity contribution in [1.82, 2.24) is 0 Å². The second-order valence-electron chi connectivity index (χ2n) is 4.01. The van der Waals surface area contributed by atoms with Crippen LogP contribution in [0.15, 0.2) is 25.3 Å². The van der Waals surface area contributed by atoms with E-state index >= 15 is 0 Å². The predicted molar refractivity (Wildman–Crippen MR) is 68.9 cm³/mol. The maximum Gasteiger partial charge on any atom is 0.371 e. The normalized spacial score (nSPS) is 10.1. The average molecular weight is 300 g/mol. The highest BCUT2D eigenvalue weighted by molar-refractivity contribution is 6.20. The Hall–Kier alpha value is -2.48. The summed E-state index contributed by atoms with van der Waals surface area (Å²) in [7, 11) is 0. The van der Waals surface area contributed by atoms with Gasteiger partial charge in [0.2, 0.25) is 6.29 Å². The molecule has 0 aliphatic rings. The van der Waals surface area contributed by atoms with Crippen molar-refractivity contribution in [3.8, 4) is 0 Å². The monoisotopic (exact) mass is 300 g/mol. The molecule has 0 fully saturated rings. The molecule has 21 heavy (non-hydrogen) atoms. The molecule has 8 heteroatoms. The van der Waals surface area contributed by atoms with Crippen molar-refractivity contribution in [3.05, 3.63) is 25.3 Å². The highest BCUT2D eigenvalue weighted by Crippen LogP contribution is 2.19. The van der Waals surface area contributed by atoms with Gasteiger partial charge >= 0.3 is 17.9 Å². The summed E-state index contributed by atoms with van der Waals surface area (Å²) in [5.41, 5.74) is -1.39. The van der Waals surface area contributed by atoms with E-state index in [1.165, 1.54) is 0 Å². The van der Waals surface area contributed by atoms with Crippen LogP contribution in [0.1, 0.15) is 0 Å². The quantitative estimate of drug-likeness (QED) is 0.183. The number of ether oxygens (including phenoxy) is 3. The van der Waals surface area contributed by atoms with Crippen LogP contribution in [-0.4, -0.2) is 55.7 Å². The molecule has 0 amide bonds. The summed E-state index contributed by atoms with van der Waals surface area (Å²) in [6.45, 7) is 4.44. The van der Waals surface area contributed by atoms with Gasteiger partial charge in [0.1, 0.15) is 19.8 Å². The Morgan fingerprint density at radius 2 is 1.29 bits per heavy atom. The minimum Gasteiger partial charge on any atom is -0.462 e. The Morgan fingerprint density at radius 1 is 0.905 bits per heavy atom. The number of carbonyl (C=O) groups excluding carboxylic acids is 4. The molecule has 0 radical (unpaired) electrons. The minimum absolute atomic E-state index is 0.0619. The molecule has 0 saturated carbocycles. The molecule has 0 spiro atoms. The Balaban J connectivity index is 4.87. The van der Waals surface area contributed by atoms with Gasteiger partial charge in [0.05, 0.1) is 12.0 Å². The summed E-state index contributed by atoms with van der Waals surface area (Å²) >= 11 is 0. The number of esters is 3. The van der Waals surface area contributed by atoms with Crippen LogP contribution in [0, 0.1) is 5.41 Å². The molecule has 0 saturated heterocycles. The molecule has 0 aliphatic heterocycles. The number of hydrogen-bond acceptors (Lipinski definition) is 8. The first-order valence-corrected chi connectivity index (χ1v) is 5.74. The topological polar surface area (TPSA) is 116 Å². The zero-order valence-corrected chi connectivity index (χ0v) is 11.3. The third kappa shape index (κ3) is 7.02. The zero-order valence-electron chi connectivity index (χ0n) is 11.3. The molecule has 0 unspecified atom stereocenters. The molecule has 0 bridgehead atoms. The summed E-state index contributed by atoms with van der Waals surface area (Å²) in [6, 6.07) is 0. The second-order valence-corrected chi connectivity index (χ2v) is 4.01. The smallest absolute Gasteiger partial charge is 0.371 e. The van der Waals surface area contributed by atoms with Crippen LogP contribution in [0.3, 0.4) is 0 Å². The van der Waals surface area contributed by atoms with E-state index in [1.807, 2.05) is 0 Å². The molecule has 0 aromatic carbocycles. The lowest BCUT2D eigenvalue weighted by Crippen LogP contribution is -2.42. The standard InChI is InChI=1S/C13H16O8/c1-3-10(16)19-7-13(6-15,8-20-11(17)4-2)9-21-12(18)5-14/h3-5,15H,1-2,6-9H2. The third-order valence-corrected chi connectivity index (χ3v) is 2.33. The van der Waals surface area contributed by atoms with E-state index in [1.54, 1.807) is 0 Å². The minimum atomic E-state index is -1.39. The molecular formula is C13H16O8. The molecule has 0 aromatic heterocycles. The lowest BCUT2D eigenvalue weighted by molar-refractivity contribution is -0.162. The van der Waals surface area contributed by atoms with Crippen molar-refractivity contribution in [3.63, 3.8) is 0 Å². The average Bonchev–Trinajstić information content (AvgIpc) is 2.53.